The highest BCUT2D eigenvalue weighted by atomic mass is 32.1. The van der Waals surface area contributed by atoms with Crippen molar-refractivity contribution in [1.82, 2.24) is 4.98 Å². The van der Waals surface area contributed by atoms with E-state index in [9.17, 15) is 4.79 Å². The Hall–Kier alpha value is -3.23. The predicted octanol–water partition coefficient (Wildman–Crippen LogP) is 4.49. The van der Waals surface area contributed by atoms with E-state index in [1.54, 1.807) is 35.9 Å². The van der Waals surface area contributed by atoms with Crippen LogP contribution in [0.25, 0.3) is 6.08 Å². The van der Waals surface area contributed by atoms with Crippen LogP contribution in [0.5, 0.6) is 5.75 Å². The molecule has 0 saturated heterocycles. The molecule has 5 heteroatoms. The first-order chi connectivity index (χ1) is 12.2. The lowest BCUT2D eigenvalue weighted by atomic mass is 10.1. The number of carbonyl (C=O) groups is 1. The average molecular weight is 346 g/mol. The molecule has 0 radical (unpaired) electrons. The summed E-state index contributed by atoms with van der Waals surface area (Å²) in [4.78, 5) is 16.3. The maximum absolute atomic E-state index is 12.1. The molecular formula is C20H14N2O2S. The van der Waals surface area contributed by atoms with E-state index < -0.39 is 0 Å². The second-order valence-corrected chi connectivity index (χ2v) is 5.94. The molecule has 0 saturated carbocycles. The molecule has 0 fully saturated rings. The summed E-state index contributed by atoms with van der Waals surface area (Å²) in [5.74, 6) is 0.650. The molecule has 3 aromatic rings. The van der Waals surface area contributed by atoms with Crippen molar-refractivity contribution in [2.75, 3.05) is 0 Å². The summed E-state index contributed by atoms with van der Waals surface area (Å²) in [6.07, 6.45) is 3.28. The lowest BCUT2D eigenvalue weighted by Crippen LogP contribution is -1.95. The zero-order valence-electron chi connectivity index (χ0n) is 13.3. The van der Waals surface area contributed by atoms with Crippen molar-refractivity contribution in [3.63, 3.8) is 0 Å². The number of thiazole rings is 1. The van der Waals surface area contributed by atoms with Crippen LogP contribution < -0.4 is 4.74 Å². The molecule has 0 aliphatic carbocycles. The number of aromatic nitrogens is 1. The quantitative estimate of drug-likeness (QED) is 0.487. The van der Waals surface area contributed by atoms with E-state index in [0.29, 0.717) is 17.7 Å². The maximum Gasteiger partial charge on any atom is 0.185 e. The molecule has 0 atom stereocenters. The molecule has 4 nitrogen and oxygen atoms in total. The highest BCUT2D eigenvalue weighted by Gasteiger charge is 2.02. The van der Waals surface area contributed by atoms with Gasteiger partial charge in [0, 0.05) is 10.9 Å². The fraction of sp³-hybridized carbons (Fsp3) is 0.0500. The van der Waals surface area contributed by atoms with Crippen LogP contribution in [0.2, 0.25) is 0 Å². The number of nitrogens with zero attached hydrogens (tertiary/aromatic N) is 2. The van der Waals surface area contributed by atoms with Crippen molar-refractivity contribution in [3.8, 4) is 11.8 Å². The van der Waals surface area contributed by atoms with Gasteiger partial charge in [-0.05, 0) is 48.0 Å². The molecule has 0 amide bonds. The van der Waals surface area contributed by atoms with Gasteiger partial charge in [-0.15, -0.1) is 11.3 Å². The number of hydrogen-bond acceptors (Lipinski definition) is 5. The first-order valence-electron chi connectivity index (χ1n) is 7.57. The number of allylic oxidation sites excluding steroid dienone is 1. The summed E-state index contributed by atoms with van der Waals surface area (Å²) in [5, 5.41) is 10.7. The molecule has 3 rings (SSSR count). The second kappa shape index (κ2) is 8.04. The third kappa shape index (κ3) is 4.63. The van der Waals surface area contributed by atoms with Crippen LogP contribution >= 0.6 is 11.3 Å². The van der Waals surface area contributed by atoms with Gasteiger partial charge in [-0.25, -0.2) is 4.98 Å². The number of nitriles is 1. The molecule has 0 unspecified atom stereocenters. The van der Waals surface area contributed by atoms with Gasteiger partial charge >= 0.3 is 0 Å². The minimum atomic E-state index is -0.103. The molecule has 0 N–H and O–H groups in total. The number of ether oxygens (including phenoxy) is 1. The van der Waals surface area contributed by atoms with Crippen molar-refractivity contribution < 1.29 is 9.53 Å². The van der Waals surface area contributed by atoms with E-state index in [1.807, 2.05) is 35.7 Å². The van der Waals surface area contributed by atoms with Gasteiger partial charge in [-0.3, -0.25) is 4.79 Å². The second-order valence-electron chi connectivity index (χ2n) is 5.22. The Labute approximate surface area is 149 Å². The van der Waals surface area contributed by atoms with Gasteiger partial charge in [-0.1, -0.05) is 18.2 Å². The SMILES string of the molecule is N#Cc1ccc(C(=O)C=Cc2ccc(OCc3cscn3)cc2)cc1. The first-order valence-corrected chi connectivity index (χ1v) is 8.51. The van der Waals surface area contributed by atoms with E-state index in [0.717, 1.165) is 17.0 Å². The summed E-state index contributed by atoms with van der Waals surface area (Å²) in [5.41, 5.74) is 4.68. The zero-order valence-corrected chi connectivity index (χ0v) is 14.1. The molecule has 0 bridgehead atoms. The predicted molar refractivity (Wildman–Crippen MR) is 97.4 cm³/mol. The average Bonchev–Trinajstić information content (AvgIpc) is 3.19. The van der Waals surface area contributed by atoms with Crippen LogP contribution in [0.1, 0.15) is 27.2 Å². The third-order valence-corrected chi connectivity index (χ3v) is 4.11. The van der Waals surface area contributed by atoms with Gasteiger partial charge in [0.15, 0.2) is 5.78 Å². The lowest BCUT2D eigenvalue weighted by Gasteiger charge is -2.04. The normalized spacial score (nSPS) is 10.5. The fourth-order valence-electron chi connectivity index (χ4n) is 2.12. The van der Waals surface area contributed by atoms with Crippen molar-refractivity contribution in [2.24, 2.45) is 0 Å². The highest BCUT2D eigenvalue weighted by Crippen LogP contribution is 2.15. The summed E-state index contributed by atoms with van der Waals surface area (Å²) in [7, 11) is 0. The molecule has 25 heavy (non-hydrogen) atoms. The minimum Gasteiger partial charge on any atom is -0.487 e. The molecule has 1 aromatic heterocycles. The molecule has 0 aliphatic heterocycles. The topological polar surface area (TPSA) is 63.0 Å². The van der Waals surface area contributed by atoms with Crippen molar-refractivity contribution in [3.05, 3.63) is 87.9 Å². The van der Waals surface area contributed by atoms with Crippen molar-refractivity contribution in [1.29, 1.82) is 5.26 Å². The van der Waals surface area contributed by atoms with Gasteiger partial charge in [0.1, 0.15) is 12.4 Å². The Morgan fingerprint density at radius 3 is 2.56 bits per heavy atom. The van der Waals surface area contributed by atoms with E-state index in [1.165, 1.54) is 17.4 Å². The van der Waals surface area contributed by atoms with Gasteiger partial charge in [0.05, 0.1) is 22.8 Å². The monoisotopic (exact) mass is 346 g/mol. The highest BCUT2D eigenvalue weighted by molar-refractivity contribution is 7.07. The molecule has 0 spiro atoms. The van der Waals surface area contributed by atoms with Crippen LogP contribution in [-0.2, 0) is 6.61 Å². The number of carbonyl (C=O) groups excluding carboxylic acids is 1. The molecule has 122 valence electrons. The maximum atomic E-state index is 12.1. The van der Waals surface area contributed by atoms with Crippen LogP contribution in [0, 0.1) is 11.3 Å². The van der Waals surface area contributed by atoms with E-state index in [-0.39, 0.29) is 5.78 Å². The van der Waals surface area contributed by atoms with E-state index in [2.05, 4.69) is 4.98 Å². The van der Waals surface area contributed by atoms with Crippen LogP contribution in [-0.4, -0.2) is 10.8 Å². The molecule has 2 aromatic carbocycles. The smallest absolute Gasteiger partial charge is 0.185 e. The number of ketones is 1. The summed E-state index contributed by atoms with van der Waals surface area (Å²) in [6.45, 7) is 0.440. The first kappa shape index (κ1) is 16.6. The van der Waals surface area contributed by atoms with Crippen LogP contribution in [0.4, 0.5) is 0 Å². The Kier molecular flexibility index (Phi) is 5.35. The largest absolute Gasteiger partial charge is 0.487 e. The summed E-state index contributed by atoms with van der Waals surface area (Å²) < 4.78 is 5.65. The zero-order chi connectivity index (χ0) is 17.5. The van der Waals surface area contributed by atoms with Crippen molar-refractivity contribution >= 4 is 23.2 Å². The van der Waals surface area contributed by atoms with Crippen LogP contribution in [0.3, 0.4) is 0 Å². The minimum absolute atomic E-state index is 0.103. The molecular weight excluding hydrogens is 332 g/mol. The Balaban J connectivity index is 1.59. The van der Waals surface area contributed by atoms with E-state index in [4.69, 9.17) is 10.00 Å². The van der Waals surface area contributed by atoms with E-state index >= 15 is 0 Å². The molecule has 1 heterocycles. The standard InChI is InChI=1S/C20H14N2O2S/c21-11-16-1-6-17(7-2-16)20(23)10-5-15-3-8-19(9-4-15)24-12-18-13-25-14-22-18/h1-10,13-14H,12H2. The Morgan fingerprint density at radius 2 is 1.92 bits per heavy atom. The summed E-state index contributed by atoms with van der Waals surface area (Å²) >= 11 is 1.54. The molecule has 0 aliphatic rings. The lowest BCUT2D eigenvalue weighted by molar-refractivity contribution is 0.104. The summed E-state index contributed by atoms with van der Waals surface area (Å²) in [6, 6.07) is 16.1. The van der Waals surface area contributed by atoms with Crippen molar-refractivity contribution in [2.45, 2.75) is 6.61 Å². The van der Waals surface area contributed by atoms with Gasteiger partial charge < -0.3 is 4.74 Å². The van der Waals surface area contributed by atoms with Gasteiger partial charge in [-0.2, -0.15) is 5.26 Å². The number of benzene rings is 2. The Bertz CT molecular complexity index is 906. The van der Waals surface area contributed by atoms with Gasteiger partial charge in [0.2, 0.25) is 0 Å². The fourth-order valence-corrected chi connectivity index (χ4v) is 2.66. The number of hydrogen-bond donors (Lipinski definition) is 0. The Morgan fingerprint density at radius 1 is 1.16 bits per heavy atom. The number of rotatable bonds is 6. The third-order valence-electron chi connectivity index (χ3n) is 3.48. The van der Waals surface area contributed by atoms with Gasteiger partial charge in [0.25, 0.3) is 0 Å². The van der Waals surface area contributed by atoms with Crippen LogP contribution in [0.15, 0.2) is 65.5 Å².